The Bertz CT molecular complexity index is 770. The standard InChI is InChI=1S/C20H20N2/c1-2-10-22-11-9-14-5-4-8-17-19-15(12-18(22)20(14)17)6-3-7-16(19)13-21/h3-8,18H,2,9-12H2,1H3/t18-/m0/s1. The number of rotatable bonds is 2. The lowest BCUT2D eigenvalue weighted by Gasteiger charge is -2.41. The van der Waals surface area contributed by atoms with E-state index in [4.69, 9.17) is 0 Å². The Morgan fingerprint density at radius 1 is 1.18 bits per heavy atom. The second-order valence-electron chi connectivity index (χ2n) is 6.34. The van der Waals surface area contributed by atoms with Gasteiger partial charge in [0.2, 0.25) is 0 Å². The van der Waals surface area contributed by atoms with E-state index in [1.165, 1.54) is 34.2 Å². The number of hydrogen-bond donors (Lipinski definition) is 0. The molecule has 110 valence electrons. The third-order valence-corrected chi connectivity index (χ3v) is 5.10. The van der Waals surface area contributed by atoms with Crippen LogP contribution in [0.5, 0.6) is 0 Å². The Kier molecular flexibility index (Phi) is 3.24. The maximum atomic E-state index is 9.50. The van der Waals surface area contributed by atoms with E-state index in [1.807, 2.05) is 12.1 Å². The van der Waals surface area contributed by atoms with E-state index >= 15 is 0 Å². The summed E-state index contributed by atoms with van der Waals surface area (Å²) in [5, 5.41) is 9.50. The molecule has 2 nitrogen and oxygen atoms in total. The van der Waals surface area contributed by atoms with Crippen molar-refractivity contribution in [2.45, 2.75) is 32.2 Å². The number of nitriles is 1. The first-order valence-electron chi connectivity index (χ1n) is 8.21. The van der Waals surface area contributed by atoms with E-state index < -0.39 is 0 Å². The van der Waals surface area contributed by atoms with Gasteiger partial charge in [0.15, 0.2) is 0 Å². The molecule has 1 aliphatic heterocycles. The van der Waals surface area contributed by atoms with E-state index in [0.29, 0.717) is 6.04 Å². The summed E-state index contributed by atoms with van der Waals surface area (Å²) >= 11 is 0. The first kappa shape index (κ1) is 13.5. The molecule has 0 aromatic heterocycles. The number of hydrogen-bond acceptors (Lipinski definition) is 2. The van der Waals surface area contributed by atoms with Crippen molar-refractivity contribution in [3.05, 3.63) is 58.7 Å². The van der Waals surface area contributed by atoms with E-state index in [0.717, 1.165) is 31.5 Å². The molecular weight excluding hydrogens is 268 g/mol. The van der Waals surface area contributed by atoms with Crippen LogP contribution >= 0.6 is 0 Å². The highest BCUT2D eigenvalue weighted by molar-refractivity contribution is 5.80. The summed E-state index contributed by atoms with van der Waals surface area (Å²) in [6, 6.07) is 15.7. The average molecular weight is 288 g/mol. The third-order valence-electron chi connectivity index (χ3n) is 5.10. The summed E-state index contributed by atoms with van der Waals surface area (Å²) in [4.78, 5) is 2.63. The van der Waals surface area contributed by atoms with Gasteiger partial charge in [0.25, 0.3) is 0 Å². The smallest absolute Gasteiger partial charge is 0.0998 e. The number of benzene rings is 2. The maximum Gasteiger partial charge on any atom is 0.0998 e. The fourth-order valence-electron chi connectivity index (χ4n) is 4.22. The van der Waals surface area contributed by atoms with Gasteiger partial charge >= 0.3 is 0 Å². The molecule has 0 amide bonds. The molecule has 2 aliphatic rings. The van der Waals surface area contributed by atoms with Crippen LogP contribution in [0.25, 0.3) is 11.1 Å². The van der Waals surface area contributed by atoms with Crippen LogP contribution in [0.15, 0.2) is 36.4 Å². The second kappa shape index (κ2) is 5.26. The average Bonchev–Trinajstić information content (AvgIpc) is 2.57. The number of fused-ring (bicyclic) bond motifs is 2. The third kappa shape index (κ3) is 1.90. The number of nitrogens with zero attached hydrogens (tertiary/aromatic N) is 2. The van der Waals surface area contributed by atoms with Crippen LogP contribution in [0.3, 0.4) is 0 Å². The predicted molar refractivity (Wildman–Crippen MR) is 88.6 cm³/mol. The fraction of sp³-hybridized carbons (Fsp3) is 0.350. The highest BCUT2D eigenvalue weighted by Gasteiger charge is 2.34. The van der Waals surface area contributed by atoms with Crippen molar-refractivity contribution >= 4 is 0 Å². The maximum absolute atomic E-state index is 9.50. The van der Waals surface area contributed by atoms with Crippen LogP contribution < -0.4 is 0 Å². The van der Waals surface area contributed by atoms with Crippen molar-refractivity contribution in [3.8, 4) is 17.2 Å². The zero-order chi connectivity index (χ0) is 15.1. The van der Waals surface area contributed by atoms with Crippen molar-refractivity contribution in [3.63, 3.8) is 0 Å². The molecule has 4 rings (SSSR count). The van der Waals surface area contributed by atoms with Crippen molar-refractivity contribution in [1.82, 2.24) is 4.90 Å². The molecular formula is C20H20N2. The minimum Gasteiger partial charge on any atom is -0.296 e. The Morgan fingerprint density at radius 3 is 2.82 bits per heavy atom. The van der Waals surface area contributed by atoms with Crippen LogP contribution in [0.1, 0.15) is 41.6 Å². The molecule has 0 bridgehead atoms. The van der Waals surface area contributed by atoms with E-state index in [2.05, 4.69) is 42.2 Å². The van der Waals surface area contributed by atoms with Gasteiger partial charge in [-0.05, 0) is 54.1 Å². The molecule has 1 aliphatic carbocycles. The lowest BCUT2D eigenvalue weighted by molar-refractivity contribution is 0.183. The summed E-state index contributed by atoms with van der Waals surface area (Å²) < 4.78 is 0. The van der Waals surface area contributed by atoms with Crippen LogP contribution in [0.4, 0.5) is 0 Å². The summed E-state index contributed by atoms with van der Waals surface area (Å²) in [7, 11) is 0. The highest BCUT2D eigenvalue weighted by Crippen LogP contribution is 2.46. The molecule has 1 heterocycles. The van der Waals surface area contributed by atoms with Crippen LogP contribution in [-0.4, -0.2) is 18.0 Å². The van der Waals surface area contributed by atoms with Gasteiger partial charge in [-0.1, -0.05) is 37.3 Å². The van der Waals surface area contributed by atoms with Gasteiger partial charge in [-0.3, -0.25) is 4.90 Å². The van der Waals surface area contributed by atoms with E-state index in [9.17, 15) is 5.26 Å². The van der Waals surface area contributed by atoms with Gasteiger partial charge in [0, 0.05) is 18.2 Å². The zero-order valence-corrected chi connectivity index (χ0v) is 13.0. The molecule has 1 atom stereocenters. The van der Waals surface area contributed by atoms with Crippen molar-refractivity contribution in [2.75, 3.05) is 13.1 Å². The molecule has 0 fully saturated rings. The lowest BCUT2D eigenvalue weighted by Crippen LogP contribution is -2.38. The van der Waals surface area contributed by atoms with Gasteiger partial charge in [-0.15, -0.1) is 0 Å². The minimum atomic E-state index is 0.487. The summed E-state index contributed by atoms with van der Waals surface area (Å²) in [5.74, 6) is 0. The van der Waals surface area contributed by atoms with Gasteiger partial charge < -0.3 is 0 Å². The summed E-state index contributed by atoms with van der Waals surface area (Å²) in [6.45, 7) is 4.57. The Morgan fingerprint density at radius 2 is 2.00 bits per heavy atom. The molecule has 2 aromatic carbocycles. The van der Waals surface area contributed by atoms with Crippen LogP contribution in [-0.2, 0) is 12.8 Å². The van der Waals surface area contributed by atoms with Gasteiger partial charge in [-0.25, -0.2) is 0 Å². The Balaban J connectivity index is 1.95. The Labute approximate surface area is 132 Å². The largest absolute Gasteiger partial charge is 0.296 e. The molecule has 0 radical (unpaired) electrons. The molecule has 0 N–H and O–H groups in total. The normalized spacial score (nSPS) is 19.2. The van der Waals surface area contributed by atoms with E-state index in [1.54, 1.807) is 0 Å². The predicted octanol–water partition coefficient (Wildman–Crippen LogP) is 4.09. The van der Waals surface area contributed by atoms with Gasteiger partial charge in [0.1, 0.15) is 0 Å². The molecule has 2 aromatic rings. The molecule has 0 unspecified atom stereocenters. The quantitative estimate of drug-likeness (QED) is 0.832. The SMILES string of the molecule is CCCN1CCc2cccc3c2[C@@H]1Cc1cccc(C#N)c1-3. The summed E-state index contributed by atoms with van der Waals surface area (Å²) in [6.07, 6.45) is 3.36. The molecule has 2 heteroatoms. The molecule has 0 spiro atoms. The van der Waals surface area contributed by atoms with Gasteiger partial charge in [0.05, 0.1) is 11.6 Å². The highest BCUT2D eigenvalue weighted by atomic mass is 15.2. The minimum absolute atomic E-state index is 0.487. The molecule has 22 heavy (non-hydrogen) atoms. The van der Waals surface area contributed by atoms with Crippen LogP contribution in [0.2, 0.25) is 0 Å². The Hall–Kier alpha value is -2.11. The van der Waals surface area contributed by atoms with Crippen LogP contribution in [0, 0.1) is 11.3 Å². The lowest BCUT2D eigenvalue weighted by atomic mass is 9.76. The molecule has 0 saturated heterocycles. The first-order chi connectivity index (χ1) is 10.8. The zero-order valence-electron chi connectivity index (χ0n) is 13.0. The first-order valence-corrected chi connectivity index (χ1v) is 8.21. The second-order valence-corrected chi connectivity index (χ2v) is 6.34. The van der Waals surface area contributed by atoms with Gasteiger partial charge in [-0.2, -0.15) is 5.26 Å². The van der Waals surface area contributed by atoms with E-state index in [-0.39, 0.29) is 0 Å². The van der Waals surface area contributed by atoms with Crippen molar-refractivity contribution < 1.29 is 0 Å². The fourth-order valence-corrected chi connectivity index (χ4v) is 4.22. The van der Waals surface area contributed by atoms with Crippen molar-refractivity contribution in [2.24, 2.45) is 0 Å². The topological polar surface area (TPSA) is 27.0 Å². The monoisotopic (exact) mass is 288 g/mol. The molecule has 0 saturated carbocycles. The van der Waals surface area contributed by atoms with Crippen molar-refractivity contribution in [1.29, 1.82) is 5.26 Å². The summed E-state index contributed by atoms with van der Waals surface area (Å²) in [5.41, 5.74) is 7.58.